The molecule has 1 amide bonds. The van der Waals surface area contributed by atoms with Crippen LogP contribution in [0.15, 0.2) is 48.9 Å². The van der Waals surface area contributed by atoms with E-state index in [4.69, 9.17) is 5.73 Å². The Kier molecular flexibility index (Phi) is 4.63. The lowest BCUT2D eigenvalue weighted by Crippen LogP contribution is -2.52. The van der Waals surface area contributed by atoms with Gasteiger partial charge in [-0.15, -0.1) is 0 Å². The molecule has 1 saturated heterocycles. The fraction of sp³-hybridized carbons (Fsp3) is 0.318. The minimum atomic E-state index is -0.549. The van der Waals surface area contributed by atoms with Gasteiger partial charge in [0.2, 0.25) is 5.91 Å². The summed E-state index contributed by atoms with van der Waals surface area (Å²) in [5.74, 6) is 0.933. The van der Waals surface area contributed by atoms with E-state index in [-0.39, 0.29) is 5.91 Å². The van der Waals surface area contributed by atoms with Gasteiger partial charge in [-0.25, -0.2) is 9.97 Å². The molecule has 1 fully saturated rings. The van der Waals surface area contributed by atoms with Crippen LogP contribution in [0.25, 0.3) is 21.9 Å². The monoisotopic (exact) mass is 403 g/mol. The van der Waals surface area contributed by atoms with E-state index in [1.165, 1.54) is 0 Å². The number of H-pyrrole nitrogens is 2. The van der Waals surface area contributed by atoms with Crippen molar-refractivity contribution in [3.8, 4) is 0 Å². The molecule has 8 heteroatoms. The average molecular weight is 403 g/mol. The van der Waals surface area contributed by atoms with Crippen LogP contribution in [-0.2, 0) is 11.3 Å². The summed E-state index contributed by atoms with van der Waals surface area (Å²) in [6.07, 6.45) is 4.83. The van der Waals surface area contributed by atoms with E-state index in [9.17, 15) is 4.79 Å². The molecular formula is C22H25N7O. The van der Waals surface area contributed by atoms with Gasteiger partial charge in [0.05, 0.1) is 17.3 Å². The van der Waals surface area contributed by atoms with Gasteiger partial charge in [-0.1, -0.05) is 18.2 Å². The van der Waals surface area contributed by atoms with Crippen LogP contribution in [0.4, 0.5) is 5.82 Å². The number of carbonyl (C=O) groups is 1. The number of piperidine rings is 1. The second-order valence-electron chi connectivity index (χ2n) is 7.97. The van der Waals surface area contributed by atoms with Crippen molar-refractivity contribution in [2.24, 2.45) is 11.1 Å². The Morgan fingerprint density at radius 1 is 1.20 bits per heavy atom. The van der Waals surface area contributed by atoms with E-state index in [2.05, 4.69) is 42.3 Å². The van der Waals surface area contributed by atoms with Crippen molar-refractivity contribution in [3.63, 3.8) is 0 Å². The highest BCUT2D eigenvalue weighted by molar-refractivity contribution is 5.88. The van der Waals surface area contributed by atoms with Crippen LogP contribution in [-0.4, -0.2) is 45.5 Å². The standard InChI is InChI=1S/C22H25N7O/c23-13-22(21(30)25-12-16-11-15-3-1-2-4-18(15)28-16)6-9-29(10-7-22)20-17-5-8-24-19(17)26-14-27-20/h1-5,8,11,14,28H,6-7,9-10,12-13,23H2,(H,25,30)(H,24,26,27). The largest absolute Gasteiger partial charge is 0.357 e. The first kappa shape index (κ1) is 18.6. The number of para-hydroxylation sites is 1. The fourth-order valence-electron chi connectivity index (χ4n) is 4.37. The van der Waals surface area contributed by atoms with Crippen LogP contribution >= 0.6 is 0 Å². The smallest absolute Gasteiger partial charge is 0.227 e. The second kappa shape index (κ2) is 7.46. The van der Waals surface area contributed by atoms with Gasteiger partial charge in [-0.05, 0) is 36.4 Å². The predicted octanol–water partition coefficient (Wildman–Crippen LogP) is 2.30. The molecule has 0 atom stereocenters. The zero-order valence-electron chi connectivity index (χ0n) is 16.7. The Balaban J connectivity index is 1.26. The number of nitrogens with two attached hydrogens (primary N) is 1. The van der Waals surface area contributed by atoms with Crippen molar-refractivity contribution >= 4 is 33.7 Å². The molecule has 4 heterocycles. The van der Waals surface area contributed by atoms with Crippen molar-refractivity contribution in [1.82, 2.24) is 25.3 Å². The van der Waals surface area contributed by atoms with Crippen molar-refractivity contribution in [1.29, 1.82) is 0 Å². The first-order valence-electron chi connectivity index (χ1n) is 10.3. The lowest BCUT2D eigenvalue weighted by Gasteiger charge is -2.40. The normalized spacial score (nSPS) is 16.2. The van der Waals surface area contributed by atoms with E-state index < -0.39 is 5.41 Å². The first-order chi connectivity index (χ1) is 14.7. The van der Waals surface area contributed by atoms with Crippen molar-refractivity contribution in [3.05, 3.63) is 54.6 Å². The number of amides is 1. The molecule has 0 spiro atoms. The Morgan fingerprint density at radius 3 is 2.83 bits per heavy atom. The number of aromatic nitrogens is 4. The highest BCUT2D eigenvalue weighted by Gasteiger charge is 2.40. The molecule has 3 aromatic heterocycles. The highest BCUT2D eigenvalue weighted by Crippen LogP contribution is 2.34. The maximum Gasteiger partial charge on any atom is 0.227 e. The third kappa shape index (κ3) is 3.19. The second-order valence-corrected chi connectivity index (χ2v) is 7.97. The van der Waals surface area contributed by atoms with Crippen molar-refractivity contribution in [2.45, 2.75) is 19.4 Å². The summed E-state index contributed by atoms with van der Waals surface area (Å²) in [4.78, 5) is 30.5. The molecule has 0 aliphatic carbocycles. The van der Waals surface area contributed by atoms with Gasteiger partial charge in [0.15, 0.2) is 0 Å². The molecule has 1 aliphatic rings. The number of nitrogens with zero attached hydrogens (tertiary/aromatic N) is 3. The average Bonchev–Trinajstić information content (AvgIpc) is 3.44. The van der Waals surface area contributed by atoms with Gasteiger partial charge in [0.1, 0.15) is 17.8 Å². The van der Waals surface area contributed by atoms with Gasteiger partial charge in [0, 0.05) is 37.0 Å². The Morgan fingerprint density at radius 2 is 2.03 bits per heavy atom. The number of anilines is 1. The lowest BCUT2D eigenvalue weighted by atomic mass is 9.77. The molecular weight excluding hydrogens is 378 g/mol. The van der Waals surface area contributed by atoms with Crippen LogP contribution < -0.4 is 16.0 Å². The van der Waals surface area contributed by atoms with E-state index >= 15 is 0 Å². The molecule has 5 N–H and O–H groups in total. The number of hydrogen-bond acceptors (Lipinski definition) is 5. The Hall–Kier alpha value is -3.39. The zero-order chi connectivity index (χ0) is 20.6. The van der Waals surface area contributed by atoms with Crippen LogP contribution in [0.2, 0.25) is 0 Å². The van der Waals surface area contributed by atoms with Gasteiger partial charge in [-0.2, -0.15) is 0 Å². The summed E-state index contributed by atoms with van der Waals surface area (Å²) in [5.41, 5.74) is 8.45. The molecule has 154 valence electrons. The van der Waals surface area contributed by atoms with E-state index in [0.717, 1.165) is 46.5 Å². The van der Waals surface area contributed by atoms with Gasteiger partial charge >= 0.3 is 0 Å². The van der Waals surface area contributed by atoms with Gasteiger partial charge in [0.25, 0.3) is 0 Å². The third-order valence-corrected chi connectivity index (χ3v) is 6.25. The van der Waals surface area contributed by atoms with E-state index in [1.54, 1.807) is 6.33 Å². The first-order valence-corrected chi connectivity index (χ1v) is 10.3. The third-order valence-electron chi connectivity index (χ3n) is 6.25. The number of fused-ring (bicyclic) bond motifs is 2. The molecule has 4 aromatic rings. The van der Waals surface area contributed by atoms with Crippen molar-refractivity contribution < 1.29 is 4.79 Å². The molecule has 1 aliphatic heterocycles. The summed E-state index contributed by atoms with van der Waals surface area (Å²) in [5, 5.41) is 5.25. The van der Waals surface area contributed by atoms with Gasteiger partial charge in [-0.3, -0.25) is 4.79 Å². The maximum atomic E-state index is 13.1. The van der Waals surface area contributed by atoms with Gasteiger partial charge < -0.3 is 25.9 Å². The van der Waals surface area contributed by atoms with Crippen LogP contribution in [0, 0.1) is 5.41 Å². The summed E-state index contributed by atoms with van der Waals surface area (Å²) < 4.78 is 0. The summed E-state index contributed by atoms with van der Waals surface area (Å²) in [6, 6.07) is 12.2. The topological polar surface area (TPSA) is 116 Å². The Bertz CT molecular complexity index is 1150. The maximum absolute atomic E-state index is 13.1. The summed E-state index contributed by atoms with van der Waals surface area (Å²) >= 11 is 0. The minimum Gasteiger partial charge on any atom is -0.357 e. The molecule has 0 unspecified atom stereocenters. The van der Waals surface area contributed by atoms with Crippen LogP contribution in [0.5, 0.6) is 0 Å². The molecule has 8 nitrogen and oxygen atoms in total. The molecule has 1 aromatic carbocycles. The number of hydrogen-bond donors (Lipinski definition) is 4. The highest BCUT2D eigenvalue weighted by atomic mass is 16.2. The minimum absolute atomic E-state index is 0.0257. The SMILES string of the molecule is NCC1(C(=O)NCc2cc3ccccc3[nH]2)CCN(c2ncnc3[nH]ccc23)CC1. The zero-order valence-corrected chi connectivity index (χ0v) is 16.7. The van der Waals surface area contributed by atoms with Crippen LogP contribution in [0.1, 0.15) is 18.5 Å². The Labute approximate surface area is 173 Å². The van der Waals surface area contributed by atoms with Crippen molar-refractivity contribution in [2.75, 3.05) is 24.5 Å². The molecule has 0 saturated carbocycles. The number of rotatable bonds is 5. The predicted molar refractivity (Wildman–Crippen MR) is 117 cm³/mol. The quantitative estimate of drug-likeness (QED) is 0.408. The summed E-state index contributed by atoms with van der Waals surface area (Å²) in [6.45, 7) is 2.26. The molecule has 5 rings (SSSR count). The van der Waals surface area contributed by atoms with E-state index in [1.807, 2.05) is 30.5 Å². The number of benzene rings is 1. The number of carbonyl (C=O) groups excluding carboxylic acids is 1. The van der Waals surface area contributed by atoms with Crippen LogP contribution in [0.3, 0.4) is 0 Å². The molecule has 0 bridgehead atoms. The molecule has 0 radical (unpaired) electrons. The number of aromatic amines is 2. The molecule has 30 heavy (non-hydrogen) atoms. The summed E-state index contributed by atoms with van der Waals surface area (Å²) in [7, 11) is 0. The lowest BCUT2D eigenvalue weighted by molar-refractivity contribution is -0.131. The van der Waals surface area contributed by atoms with E-state index in [0.29, 0.717) is 25.9 Å². The number of nitrogens with one attached hydrogen (secondary N) is 3. The fourth-order valence-corrected chi connectivity index (χ4v) is 4.37.